The molecule has 19 heavy (non-hydrogen) atoms. The Labute approximate surface area is 117 Å². The fraction of sp³-hybridized carbons (Fsp3) is 0.545. The lowest BCUT2D eigenvalue weighted by Gasteiger charge is -2.16. The summed E-state index contributed by atoms with van der Waals surface area (Å²) < 4.78 is 25.6. The molecule has 0 aromatic carbocycles. The maximum atomic E-state index is 12.2. The predicted octanol–water partition coefficient (Wildman–Crippen LogP) is 0.352. The highest BCUT2D eigenvalue weighted by Gasteiger charge is 2.24. The van der Waals surface area contributed by atoms with E-state index >= 15 is 0 Å². The van der Waals surface area contributed by atoms with Crippen LogP contribution < -0.4 is 11.1 Å². The van der Waals surface area contributed by atoms with Gasteiger partial charge in [-0.3, -0.25) is 4.79 Å². The van der Waals surface area contributed by atoms with Gasteiger partial charge >= 0.3 is 0 Å². The number of sulfonamides is 1. The largest absolute Gasteiger partial charge is 0.353 e. The molecule has 1 heterocycles. The van der Waals surface area contributed by atoms with Crippen molar-refractivity contribution in [3.63, 3.8) is 0 Å². The maximum Gasteiger partial charge on any atom is 0.252 e. The van der Waals surface area contributed by atoms with Gasteiger partial charge in [0.15, 0.2) is 0 Å². The van der Waals surface area contributed by atoms with Crippen molar-refractivity contribution in [2.24, 2.45) is 5.73 Å². The van der Waals surface area contributed by atoms with E-state index in [0.29, 0.717) is 6.54 Å². The van der Waals surface area contributed by atoms with Gasteiger partial charge in [-0.1, -0.05) is 0 Å². The third kappa shape index (κ3) is 4.27. The molecule has 0 saturated carbocycles. The van der Waals surface area contributed by atoms with Crippen LogP contribution in [-0.2, 0) is 21.4 Å². The summed E-state index contributed by atoms with van der Waals surface area (Å²) in [7, 11) is -2.24. The number of amides is 1. The van der Waals surface area contributed by atoms with Crippen molar-refractivity contribution in [2.75, 3.05) is 13.6 Å². The molecule has 0 aliphatic carbocycles. The summed E-state index contributed by atoms with van der Waals surface area (Å²) in [5, 5.41) is 2.65. The lowest BCUT2D eigenvalue weighted by Crippen LogP contribution is -2.40. The van der Waals surface area contributed by atoms with Gasteiger partial charge in [0.25, 0.3) is 10.0 Å². The molecule has 1 rings (SSSR count). The molecular formula is C11H19N3O3S2. The van der Waals surface area contributed by atoms with Gasteiger partial charge in [-0.2, -0.15) is 4.31 Å². The molecule has 108 valence electrons. The highest BCUT2D eigenvalue weighted by atomic mass is 32.2. The minimum Gasteiger partial charge on any atom is -0.353 e. The first-order chi connectivity index (χ1) is 8.77. The highest BCUT2D eigenvalue weighted by molar-refractivity contribution is 7.91. The molecule has 0 radical (unpaired) electrons. The molecule has 0 fully saturated rings. The zero-order chi connectivity index (χ0) is 14.6. The fourth-order valence-corrected chi connectivity index (χ4v) is 3.99. The smallest absolute Gasteiger partial charge is 0.252 e. The van der Waals surface area contributed by atoms with E-state index in [1.54, 1.807) is 6.07 Å². The van der Waals surface area contributed by atoms with Crippen LogP contribution in [0.3, 0.4) is 0 Å². The topological polar surface area (TPSA) is 92.5 Å². The first kappa shape index (κ1) is 16.1. The third-order valence-electron chi connectivity index (χ3n) is 2.32. The Balaban J connectivity index is 2.79. The summed E-state index contributed by atoms with van der Waals surface area (Å²) in [5.74, 6) is -0.323. The standard InChI is InChI=1S/C11H19N3O3S2/c1-8(2)13-10(15)7-14(3)19(16,17)11-5-4-9(6-12)18-11/h4-5,8H,6-7,12H2,1-3H3,(H,13,15). The molecule has 3 N–H and O–H groups in total. The number of nitrogens with zero attached hydrogens (tertiary/aromatic N) is 1. The average molecular weight is 305 g/mol. The Hall–Kier alpha value is -0.960. The van der Waals surface area contributed by atoms with Crippen LogP contribution in [0, 0.1) is 0 Å². The molecule has 6 nitrogen and oxygen atoms in total. The monoisotopic (exact) mass is 305 g/mol. The molecule has 0 unspecified atom stereocenters. The SMILES string of the molecule is CC(C)NC(=O)CN(C)S(=O)(=O)c1ccc(CN)s1. The van der Waals surface area contributed by atoms with Crippen molar-refractivity contribution in [1.82, 2.24) is 9.62 Å². The summed E-state index contributed by atoms with van der Waals surface area (Å²) >= 11 is 1.12. The Kier molecular flexibility index (Phi) is 5.48. The lowest BCUT2D eigenvalue weighted by molar-refractivity contribution is -0.121. The van der Waals surface area contributed by atoms with Crippen molar-refractivity contribution in [2.45, 2.75) is 30.6 Å². The number of nitrogens with two attached hydrogens (primary N) is 1. The minimum atomic E-state index is -3.62. The number of nitrogens with one attached hydrogen (secondary N) is 1. The predicted molar refractivity (Wildman–Crippen MR) is 75.3 cm³/mol. The van der Waals surface area contributed by atoms with Gasteiger partial charge in [0.1, 0.15) is 4.21 Å². The molecule has 0 aliphatic heterocycles. The average Bonchev–Trinajstić information content (AvgIpc) is 2.76. The lowest BCUT2D eigenvalue weighted by atomic mass is 10.4. The molecular weight excluding hydrogens is 286 g/mol. The first-order valence-electron chi connectivity index (χ1n) is 5.82. The van der Waals surface area contributed by atoms with E-state index in [0.717, 1.165) is 20.5 Å². The summed E-state index contributed by atoms with van der Waals surface area (Å²) in [5.41, 5.74) is 5.46. The number of carbonyl (C=O) groups is 1. The highest BCUT2D eigenvalue weighted by Crippen LogP contribution is 2.23. The summed E-state index contributed by atoms with van der Waals surface area (Å²) in [4.78, 5) is 12.4. The second-order valence-corrected chi connectivity index (χ2v) is 7.85. The van der Waals surface area contributed by atoms with Crippen LogP contribution in [0.1, 0.15) is 18.7 Å². The van der Waals surface area contributed by atoms with Gasteiger partial charge < -0.3 is 11.1 Å². The number of thiophene rings is 1. The van der Waals surface area contributed by atoms with E-state index in [4.69, 9.17) is 5.73 Å². The molecule has 1 aromatic heterocycles. The van der Waals surface area contributed by atoms with Gasteiger partial charge in [0, 0.05) is 24.5 Å². The van der Waals surface area contributed by atoms with E-state index in [-0.39, 0.29) is 22.7 Å². The van der Waals surface area contributed by atoms with Gasteiger partial charge in [0.2, 0.25) is 5.91 Å². The number of hydrogen-bond donors (Lipinski definition) is 2. The minimum absolute atomic E-state index is 0.0193. The number of likely N-dealkylation sites (N-methyl/N-ethyl adjacent to an activating group) is 1. The van der Waals surface area contributed by atoms with Crippen molar-refractivity contribution in [3.8, 4) is 0 Å². The van der Waals surface area contributed by atoms with Crippen molar-refractivity contribution in [1.29, 1.82) is 0 Å². The number of rotatable bonds is 6. The number of hydrogen-bond acceptors (Lipinski definition) is 5. The van der Waals surface area contributed by atoms with Crippen LogP contribution in [0.2, 0.25) is 0 Å². The van der Waals surface area contributed by atoms with Crippen LogP contribution >= 0.6 is 11.3 Å². The van der Waals surface area contributed by atoms with Gasteiger partial charge in [-0.15, -0.1) is 11.3 Å². The Morgan fingerprint density at radius 3 is 2.58 bits per heavy atom. The zero-order valence-corrected chi connectivity index (χ0v) is 12.8. The van der Waals surface area contributed by atoms with Crippen molar-refractivity contribution < 1.29 is 13.2 Å². The molecule has 0 bridgehead atoms. The van der Waals surface area contributed by atoms with Gasteiger partial charge in [-0.05, 0) is 26.0 Å². The van der Waals surface area contributed by atoms with E-state index in [2.05, 4.69) is 5.32 Å². The second kappa shape index (κ2) is 6.47. The molecule has 0 saturated heterocycles. The second-order valence-electron chi connectivity index (χ2n) is 4.41. The molecule has 0 atom stereocenters. The van der Waals surface area contributed by atoms with Crippen LogP contribution in [0.15, 0.2) is 16.3 Å². The maximum absolute atomic E-state index is 12.2. The van der Waals surface area contributed by atoms with Crippen LogP contribution in [0.5, 0.6) is 0 Å². The first-order valence-corrected chi connectivity index (χ1v) is 8.07. The Morgan fingerprint density at radius 2 is 2.11 bits per heavy atom. The van der Waals surface area contributed by atoms with Crippen LogP contribution in [0.25, 0.3) is 0 Å². The Morgan fingerprint density at radius 1 is 1.47 bits per heavy atom. The van der Waals surface area contributed by atoms with Crippen LogP contribution in [-0.4, -0.2) is 38.3 Å². The van der Waals surface area contributed by atoms with Crippen molar-refractivity contribution in [3.05, 3.63) is 17.0 Å². The Bertz CT molecular complexity index is 537. The van der Waals surface area contributed by atoms with Crippen molar-refractivity contribution >= 4 is 27.3 Å². The molecule has 1 amide bonds. The molecule has 0 aliphatic rings. The fourth-order valence-electron chi connectivity index (χ4n) is 1.42. The molecule has 1 aromatic rings. The normalized spacial score (nSPS) is 12.1. The van der Waals surface area contributed by atoms with Gasteiger partial charge in [-0.25, -0.2) is 8.42 Å². The van der Waals surface area contributed by atoms with E-state index in [1.165, 1.54) is 13.1 Å². The van der Waals surface area contributed by atoms with E-state index in [9.17, 15) is 13.2 Å². The summed E-state index contributed by atoms with van der Waals surface area (Å²) in [6.45, 7) is 3.74. The third-order valence-corrected chi connectivity index (χ3v) is 5.70. The summed E-state index contributed by atoms with van der Waals surface area (Å²) in [6.07, 6.45) is 0. The molecule has 8 heteroatoms. The summed E-state index contributed by atoms with van der Waals surface area (Å²) in [6, 6.07) is 3.17. The van der Waals surface area contributed by atoms with E-state index in [1.807, 2.05) is 13.8 Å². The zero-order valence-electron chi connectivity index (χ0n) is 11.2. The van der Waals surface area contributed by atoms with Crippen LogP contribution in [0.4, 0.5) is 0 Å². The van der Waals surface area contributed by atoms with E-state index < -0.39 is 10.0 Å². The number of carbonyl (C=O) groups excluding carboxylic acids is 1. The quantitative estimate of drug-likeness (QED) is 0.793. The van der Waals surface area contributed by atoms with Gasteiger partial charge in [0.05, 0.1) is 6.54 Å². The molecule has 0 spiro atoms.